The zero-order valence-corrected chi connectivity index (χ0v) is 12.7. The standard InChI is InChI=1S/C16H13F3N4O/c1-10-13(7-21-9-23-10)15(24)5-11-3-4-12(20-2)6-14(11)22-8-16(17,18)19/h3-4,6-7,9,22H,5,8H2,1H3. The van der Waals surface area contributed by atoms with Crippen LogP contribution in [0.1, 0.15) is 21.6 Å². The average molecular weight is 334 g/mol. The number of Topliss-reactive ketones (excluding diaryl/α,β-unsaturated/α-hetero) is 1. The lowest BCUT2D eigenvalue weighted by molar-refractivity contribution is -0.115. The molecule has 0 amide bonds. The molecule has 2 rings (SSSR count). The first-order valence-electron chi connectivity index (χ1n) is 6.91. The summed E-state index contributed by atoms with van der Waals surface area (Å²) < 4.78 is 37.3. The monoisotopic (exact) mass is 334 g/mol. The Morgan fingerprint density at radius 2 is 2.12 bits per heavy atom. The minimum atomic E-state index is -4.40. The van der Waals surface area contributed by atoms with Crippen molar-refractivity contribution in [2.45, 2.75) is 19.5 Å². The molecule has 0 aliphatic carbocycles. The highest BCUT2D eigenvalue weighted by Gasteiger charge is 2.27. The van der Waals surface area contributed by atoms with Gasteiger partial charge in [0.1, 0.15) is 12.9 Å². The smallest absolute Gasteiger partial charge is 0.377 e. The van der Waals surface area contributed by atoms with E-state index >= 15 is 0 Å². The minimum Gasteiger partial charge on any atom is -0.377 e. The number of anilines is 1. The number of carbonyl (C=O) groups is 1. The molecule has 124 valence electrons. The van der Waals surface area contributed by atoms with Gasteiger partial charge >= 0.3 is 6.18 Å². The van der Waals surface area contributed by atoms with Gasteiger partial charge in [-0.15, -0.1) is 0 Å². The van der Waals surface area contributed by atoms with Gasteiger partial charge in [-0.05, 0) is 18.6 Å². The third-order valence-corrected chi connectivity index (χ3v) is 3.26. The maximum atomic E-state index is 12.4. The summed E-state index contributed by atoms with van der Waals surface area (Å²) >= 11 is 0. The molecular formula is C16H13F3N4O. The Bertz CT molecular complexity index is 797. The van der Waals surface area contributed by atoms with Crippen LogP contribution in [0.15, 0.2) is 30.7 Å². The van der Waals surface area contributed by atoms with E-state index < -0.39 is 12.7 Å². The van der Waals surface area contributed by atoms with E-state index in [-0.39, 0.29) is 23.6 Å². The summed E-state index contributed by atoms with van der Waals surface area (Å²) in [5, 5.41) is 2.25. The van der Waals surface area contributed by atoms with E-state index in [1.165, 1.54) is 30.7 Å². The van der Waals surface area contributed by atoms with Crippen molar-refractivity contribution >= 4 is 17.2 Å². The Labute approximate surface area is 136 Å². The molecular weight excluding hydrogens is 321 g/mol. The lowest BCUT2D eigenvalue weighted by Gasteiger charge is -2.14. The van der Waals surface area contributed by atoms with Crippen molar-refractivity contribution in [1.82, 2.24) is 9.97 Å². The zero-order valence-electron chi connectivity index (χ0n) is 12.7. The van der Waals surface area contributed by atoms with Crippen molar-refractivity contribution in [2.24, 2.45) is 0 Å². The number of alkyl halides is 3. The van der Waals surface area contributed by atoms with Gasteiger partial charge in [-0.25, -0.2) is 14.8 Å². The molecule has 0 aliphatic heterocycles. The van der Waals surface area contributed by atoms with E-state index in [1.54, 1.807) is 6.92 Å². The van der Waals surface area contributed by atoms with Crippen LogP contribution in [0.5, 0.6) is 0 Å². The number of aromatic nitrogens is 2. The molecule has 0 atom stereocenters. The summed E-state index contributed by atoms with van der Waals surface area (Å²) in [6.45, 7) is 7.37. The van der Waals surface area contributed by atoms with Gasteiger partial charge in [0.25, 0.3) is 0 Å². The number of hydrogen-bond donors (Lipinski definition) is 1. The predicted octanol–water partition coefficient (Wildman–Crippen LogP) is 3.74. The number of carbonyl (C=O) groups excluding carboxylic acids is 1. The van der Waals surface area contributed by atoms with Crippen LogP contribution in [0.3, 0.4) is 0 Å². The normalized spacial score (nSPS) is 11.0. The van der Waals surface area contributed by atoms with Crippen molar-refractivity contribution in [3.8, 4) is 0 Å². The molecule has 0 spiro atoms. The molecule has 0 unspecified atom stereocenters. The molecule has 0 bridgehead atoms. The molecule has 0 aliphatic rings. The Kier molecular flexibility index (Phi) is 5.14. The number of nitrogens with zero attached hydrogens (tertiary/aromatic N) is 3. The van der Waals surface area contributed by atoms with Gasteiger partial charge in [-0.2, -0.15) is 13.2 Å². The van der Waals surface area contributed by atoms with Gasteiger partial charge in [0.15, 0.2) is 11.5 Å². The molecule has 5 nitrogen and oxygen atoms in total. The third kappa shape index (κ3) is 4.52. The molecule has 0 saturated heterocycles. The Morgan fingerprint density at radius 1 is 1.38 bits per heavy atom. The third-order valence-electron chi connectivity index (χ3n) is 3.26. The number of halogens is 3. The maximum absolute atomic E-state index is 12.4. The van der Waals surface area contributed by atoms with Crippen LogP contribution in [0.25, 0.3) is 4.85 Å². The molecule has 1 aromatic carbocycles. The fourth-order valence-electron chi connectivity index (χ4n) is 2.08. The van der Waals surface area contributed by atoms with Crippen LogP contribution in [-0.2, 0) is 6.42 Å². The summed E-state index contributed by atoms with van der Waals surface area (Å²) in [5.74, 6) is -0.307. The second-order valence-corrected chi connectivity index (χ2v) is 5.04. The SMILES string of the molecule is [C-]#[N+]c1ccc(CC(=O)c2cncnc2C)c(NCC(F)(F)F)c1. The van der Waals surface area contributed by atoms with Crippen molar-refractivity contribution in [3.05, 3.63) is 59.0 Å². The van der Waals surface area contributed by atoms with Crippen LogP contribution < -0.4 is 5.32 Å². The topological polar surface area (TPSA) is 59.2 Å². The Balaban J connectivity index is 2.27. The molecule has 1 heterocycles. The van der Waals surface area contributed by atoms with Crippen LogP contribution in [-0.4, -0.2) is 28.5 Å². The number of ketones is 1. The Hall–Kier alpha value is -2.95. The van der Waals surface area contributed by atoms with Crippen LogP contribution in [0.2, 0.25) is 0 Å². The fraction of sp³-hybridized carbons (Fsp3) is 0.250. The summed E-state index contributed by atoms with van der Waals surface area (Å²) in [6.07, 6.45) is -1.83. The molecule has 2 aromatic rings. The average Bonchev–Trinajstić information content (AvgIpc) is 2.53. The summed E-state index contributed by atoms with van der Waals surface area (Å²) in [7, 11) is 0. The van der Waals surface area contributed by atoms with Crippen LogP contribution >= 0.6 is 0 Å². The van der Waals surface area contributed by atoms with Gasteiger partial charge in [0.05, 0.1) is 17.8 Å². The molecule has 0 radical (unpaired) electrons. The van der Waals surface area contributed by atoms with Gasteiger partial charge < -0.3 is 5.32 Å². The molecule has 1 N–H and O–H groups in total. The minimum absolute atomic E-state index is 0.115. The predicted molar refractivity (Wildman–Crippen MR) is 82.1 cm³/mol. The van der Waals surface area contributed by atoms with Crippen molar-refractivity contribution in [2.75, 3.05) is 11.9 Å². The first-order chi connectivity index (χ1) is 11.3. The summed E-state index contributed by atoms with van der Waals surface area (Å²) in [4.78, 5) is 23.3. The van der Waals surface area contributed by atoms with Crippen molar-refractivity contribution in [3.63, 3.8) is 0 Å². The number of nitrogens with one attached hydrogen (secondary N) is 1. The number of hydrogen-bond acceptors (Lipinski definition) is 4. The van der Waals surface area contributed by atoms with Gasteiger partial charge in [0, 0.05) is 18.3 Å². The molecule has 24 heavy (non-hydrogen) atoms. The number of benzene rings is 1. The number of rotatable bonds is 5. The van der Waals surface area contributed by atoms with E-state index in [4.69, 9.17) is 6.57 Å². The highest BCUT2D eigenvalue weighted by atomic mass is 19.4. The quantitative estimate of drug-likeness (QED) is 0.668. The second kappa shape index (κ2) is 7.08. The lowest BCUT2D eigenvalue weighted by Crippen LogP contribution is -2.22. The maximum Gasteiger partial charge on any atom is 0.405 e. The van der Waals surface area contributed by atoms with E-state index in [9.17, 15) is 18.0 Å². The van der Waals surface area contributed by atoms with Gasteiger partial charge in [0.2, 0.25) is 0 Å². The molecule has 8 heteroatoms. The van der Waals surface area contributed by atoms with E-state index in [2.05, 4.69) is 20.1 Å². The van der Waals surface area contributed by atoms with Crippen molar-refractivity contribution < 1.29 is 18.0 Å². The first-order valence-corrected chi connectivity index (χ1v) is 6.91. The van der Waals surface area contributed by atoms with E-state index in [0.29, 0.717) is 16.8 Å². The summed E-state index contributed by atoms with van der Waals surface area (Å²) in [5.41, 5.74) is 1.49. The fourth-order valence-corrected chi connectivity index (χ4v) is 2.08. The molecule has 0 fully saturated rings. The molecule has 0 saturated carbocycles. The highest BCUT2D eigenvalue weighted by Crippen LogP contribution is 2.26. The largest absolute Gasteiger partial charge is 0.405 e. The van der Waals surface area contributed by atoms with Crippen LogP contribution in [0, 0.1) is 13.5 Å². The lowest BCUT2D eigenvalue weighted by atomic mass is 10.0. The van der Waals surface area contributed by atoms with E-state index in [1.807, 2.05) is 0 Å². The van der Waals surface area contributed by atoms with Crippen molar-refractivity contribution in [1.29, 1.82) is 0 Å². The Morgan fingerprint density at radius 3 is 2.75 bits per heavy atom. The van der Waals surface area contributed by atoms with Crippen LogP contribution in [0.4, 0.5) is 24.5 Å². The summed E-state index contributed by atoms with van der Waals surface area (Å²) in [6, 6.07) is 4.24. The zero-order chi connectivity index (χ0) is 17.7. The van der Waals surface area contributed by atoms with E-state index in [0.717, 1.165) is 0 Å². The van der Waals surface area contributed by atoms with Gasteiger partial charge in [-0.3, -0.25) is 4.79 Å². The molecule has 1 aromatic heterocycles. The number of aryl methyl sites for hydroxylation is 1. The second-order valence-electron chi connectivity index (χ2n) is 5.04. The van der Waals surface area contributed by atoms with Gasteiger partial charge in [-0.1, -0.05) is 12.1 Å². The first kappa shape index (κ1) is 17.4. The highest BCUT2D eigenvalue weighted by molar-refractivity contribution is 5.98.